The van der Waals surface area contributed by atoms with Crippen molar-refractivity contribution in [1.82, 2.24) is 15.0 Å². The number of pyridine rings is 1. The molecular weight excluding hydrogens is 595 g/mol. The number of benzene rings is 6. The normalized spacial score (nSPS) is 13.1. The molecule has 0 saturated carbocycles. The van der Waals surface area contributed by atoms with Gasteiger partial charge in [-0.1, -0.05) is 140 Å². The number of hydrogen-bond acceptors (Lipinski definition) is 3. The third-order valence-electron chi connectivity index (χ3n) is 10.2. The Morgan fingerprint density at radius 1 is 0.347 bits per heavy atom. The Morgan fingerprint density at radius 3 is 1.45 bits per heavy atom. The monoisotopic (exact) mass is 623 g/mol. The summed E-state index contributed by atoms with van der Waals surface area (Å²) in [4.78, 5) is 14.6. The molecule has 0 fully saturated rings. The predicted octanol–water partition coefficient (Wildman–Crippen LogP) is 10.9. The van der Waals surface area contributed by atoms with Crippen molar-refractivity contribution in [3.05, 3.63) is 198 Å². The van der Waals surface area contributed by atoms with Crippen molar-refractivity contribution in [2.45, 2.75) is 5.41 Å². The van der Waals surface area contributed by atoms with E-state index in [1.807, 2.05) is 30.5 Å². The van der Waals surface area contributed by atoms with Gasteiger partial charge in [-0.3, -0.25) is 4.98 Å². The third kappa shape index (κ3) is 4.06. The van der Waals surface area contributed by atoms with Crippen LogP contribution >= 0.6 is 0 Å². The maximum absolute atomic E-state index is 5.20. The van der Waals surface area contributed by atoms with Crippen LogP contribution in [0.2, 0.25) is 0 Å². The summed E-state index contributed by atoms with van der Waals surface area (Å²) in [5.74, 6) is 0.690. The van der Waals surface area contributed by atoms with Crippen LogP contribution in [0.15, 0.2) is 176 Å². The molecule has 0 bridgehead atoms. The summed E-state index contributed by atoms with van der Waals surface area (Å²) in [6.07, 6.45) is 3.66. The fourth-order valence-corrected chi connectivity index (χ4v) is 8.19. The average Bonchev–Trinajstić information content (AvgIpc) is 3.43. The summed E-state index contributed by atoms with van der Waals surface area (Å²) in [5, 5.41) is 0. The van der Waals surface area contributed by atoms with E-state index in [0.29, 0.717) is 5.82 Å². The van der Waals surface area contributed by atoms with Gasteiger partial charge in [-0.15, -0.1) is 0 Å². The summed E-state index contributed by atoms with van der Waals surface area (Å²) in [7, 11) is 0. The topological polar surface area (TPSA) is 38.7 Å². The molecule has 10 rings (SSSR count). The molecule has 0 radical (unpaired) electrons. The van der Waals surface area contributed by atoms with Crippen molar-refractivity contribution >= 4 is 0 Å². The highest BCUT2D eigenvalue weighted by Gasteiger charge is 2.49. The Bertz CT molecular complexity index is 2450. The van der Waals surface area contributed by atoms with Crippen LogP contribution in [0.3, 0.4) is 0 Å². The van der Waals surface area contributed by atoms with E-state index in [2.05, 4.69) is 145 Å². The molecule has 49 heavy (non-hydrogen) atoms. The lowest BCUT2D eigenvalue weighted by atomic mass is 9.66. The molecule has 1 spiro atoms. The molecule has 0 atom stereocenters. The first-order valence-electron chi connectivity index (χ1n) is 16.7. The van der Waals surface area contributed by atoms with Crippen LogP contribution in [-0.2, 0) is 5.41 Å². The van der Waals surface area contributed by atoms with Gasteiger partial charge in [-0.25, -0.2) is 9.97 Å². The fourth-order valence-electron chi connectivity index (χ4n) is 8.19. The Balaban J connectivity index is 1.29. The van der Waals surface area contributed by atoms with Crippen LogP contribution in [0.4, 0.5) is 0 Å². The second-order valence-corrected chi connectivity index (χ2v) is 12.8. The summed E-state index contributed by atoms with van der Waals surface area (Å²) < 4.78 is 0. The van der Waals surface area contributed by atoms with Crippen molar-refractivity contribution in [2.75, 3.05) is 0 Å². The molecular formula is C46H29N3. The van der Waals surface area contributed by atoms with Gasteiger partial charge in [-0.2, -0.15) is 0 Å². The van der Waals surface area contributed by atoms with Crippen molar-refractivity contribution in [3.63, 3.8) is 0 Å². The van der Waals surface area contributed by atoms with Crippen molar-refractivity contribution in [1.29, 1.82) is 0 Å². The minimum Gasteiger partial charge on any atom is -0.264 e. The number of fused-ring (bicyclic) bond motifs is 12. The fraction of sp³-hybridized carbons (Fsp3) is 0.0217. The first-order valence-corrected chi connectivity index (χ1v) is 16.7. The Morgan fingerprint density at radius 2 is 0.837 bits per heavy atom. The minimum absolute atomic E-state index is 0.502. The van der Waals surface area contributed by atoms with Crippen LogP contribution in [-0.4, -0.2) is 15.0 Å². The number of aromatic nitrogens is 3. The molecule has 8 aromatic rings. The van der Waals surface area contributed by atoms with Crippen LogP contribution in [0, 0.1) is 0 Å². The Kier molecular flexibility index (Phi) is 6.09. The second-order valence-electron chi connectivity index (χ2n) is 12.8. The standard InChI is InChI=1S/C46H29N3/c1-2-13-30(14-3-1)45-48-43(28-44(49-45)32-15-12-26-47-29-32)31-24-25-42-38(27-31)34-17-5-4-16-33(34)35-18-6-9-21-39(35)46(42)40-22-10-7-19-36(40)37-20-8-11-23-41(37)46/h1-29H. The van der Waals surface area contributed by atoms with Crippen LogP contribution < -0.4 is 0 Å². The summed E-state index contributed by atoms with van der Waals surface area (Å²) in [5.41, 5.74) is 16.9. The molecule has 0 aliphatic heterocycles. The first kappa shape index (κ1) is 27.6. The van der Waals surface area contributed by atoms with E-state index in [-0.39, 0.29) is 0 Å². The number of hydrogen-bond donors (Lipinski definition) is 0. The first-order chi connectivity index (χ1) is 24.3. The van der Waals surface area contributed by atoms with E-state index in [9.17, 15) is 0 Å². The van der Waals surface area contributed by atoms with Crippen molar-refractivity contribution in [3.8, 4) is 67.3 Å². The van der Waals surface area contributed by atoms with E-state index >= 15 is 0 Å². The highest BCUT2D eigenvalue weighted by atomic mass is 14.9. The molecule has 0 amide bonds. The Labute approximate surface area is 285 Å². The Hall–Kier alpha value is -6.45. The predicted molar refractivity (Wildman–Crippen MR) is 198 cm³/mol. The lowest BCUT2D eigenvalue weighted by Crippen LogP contribution is -2.29. The van der Waals surface area contributed by atoms with Gasteiger partial charge in [0.05, 0.1) is 16.8 Å². The maximum atomic E-state index is 5.20. The minimum atomic E-state index is -0.502. The van der Waals surface area contributed by atoms with E-state index in [0.717, 1.165) is 28.1 Å². The maximum Gasteiger partial charge on any atom is 0.160 e. The zero-order valence-corrected chi connectivity index (χ0v) is 26.6. The zero-order valence-electron chi connectivity index (χ0n) is 26.6. The van der Waals surface area contributed by atoms with E-state index in [1.165, 1.54) is 55.6 Å². The SMILES string of the molecule is c1ccc(-c2nc(-c3cccnc3)cc(-c3ccc4c(c3)-c3ccccc3-c3ccccc3C43c4ccccc4-c4ccccc43)n2)cc1. The van der Waals surface area contributed by atoms with Gasteiger partial charge in [0.2, 0.25) is 0 Å². The highest BCUT2D eigenvalue weighted by molar-refractivity contribution is 5.98. The van der Waals surface area contributed by atoms with Gasteiger partial charge in [0.15, 0.2) is 5.82 Å². The van der Waals surface area contributed by atoms with E-state index in [1.54, 1.807) is 6.20 Å². The lowest BCUT2D eigenvalue weighted by Gasteiger charge is -2.35. The average molecular weight is 624 g/mol. The lowest BCUT2D eigenvalue weighted by molar-refractivity contribution is 0.775. The molecule has 2 aliphatic carbocycles. The molecule has 2 heterocycles. The molecule has 3 nitrogen and oxygen atoms in total. The zero-order chi connectivity index (χ0) is 32.4. The van der Waals surface area contributed by atoms with Gasteiger partial charge < -0.3 is 0 Å². The molecule has 0 N–H and O–H groups in total. The number of rotatable bonds is 3. The van der Waals surface area contributed by atoms with Gasteiger partial charge in [-0.05, 0) is 79.9 Å². The van der Waals surface area contributed by atoms with Gasteiger partial charge in [0.1, 0.15) is 0 Å². The molecule has 0 unspecified atom stereocenters. The smallest absolute Gasteiger partial charge is 0.160 e. The summed E-state index contributed by atoms with van der Waals surface area (Å²) in [6.45, 7) is 0. The van der Waals surface area contributed by atoms with Crippen molar-refractivity contribution in [2.24, 2.45) is 0 Å². The largest absolute Gasteiger partial charge is 0.264 e. The highest BCUT2D eigenvalue weighted by Crippen LogP contribution is 2.61. The quantitative estimate of drug-likeness (QED) is 0.197. The van der Waals surface area contributed by atoms with Crippen LogP contribution in [0.5, 0.6) is 0 Å². The van der Waals surface area contributed by atoms with E-state index in [4.69, 9.17) is 9.97 Å². The molecule has 2 aliphatic rings. The molecule has 6 aromatic carbocycles. The third-order valence-corrected chi connectivity index (χ3v) is 10.2. The van der Waals surface area contributed by atoms with Crippen molar-refractivity contribution < 1.29 is 0 Å². The molecule has 3 heteroatoms. The molecule has 0 saturated heterocycles. The van der Waals surface area contributed by atoms with Crippen LogP contribution in [0.1, 0.15) is 22.3 Å². The summed E-state index contributed by atoms with van der Waals surface area (Å²) >= 11 is 0. The van der Waals surface area contributed by atoms with Crippen LogP contribution in [0.25, 0.3) is 67.3 Å². The van der Waals surface area contributed by atoms with E-state index < -0.39 is 5.41 Å². The van der Waals surface area contributed by atoms with Gasteiger partial charge >= 0.3 is 0 Å². The summed E-state index contributed by atoms with van der Waals surface area (Å²) in [6, 6.07) is 59.1. The molecule has 2 aromatic heterocycles. The second kappa shape index (κ2) is 10.8. The van der Waals surface area contributed by atoms with Gasteiger partial charge in [0, 0.05) is 29.1 Å². The number of nitrogens with zero attached hydrogens (tertiary/aromatic N) is 3. The molecule has 228 valence electrons. The van der Waals surface area contributed by atoms with Gasteiger partial charge in [0.25, 0.3) is 0 Å².